The number of aromatic nitrogens is 1. The first kappa shape index (κ1) is 23.0. The van der Waals surface area contributed by atoms with Gasteiger partial charge >= 0.3 is 0 Å². The molecule has 0 unspecified atom stereocenters. The van der Waals surface area contributed by atoms with Gasteiger partial charge in [-0.25, -0.2) is 8.42 Å². The quantitative estimate of drug-likeness (QED) is 0.486. The zero-order chi connectivity index (χ0) is 22.9. The minimum absolute atomic E-state index is 0.0137. The van der Waals surface area contributed by atoms with Gasteiger partial charge in [-0.05, 0) is 25.1 Å². The maximum atomic E-state index is 13.5. The molecule has 2 aromatic carbocycles. The molecule has 1 amide bonds. The number of amides is 1. The Morgan fingerprint density at radius 3 is 2.62 bits per heavy atom. The first-order valence-corrected chi connectivity index (χ1v) is 13.1. The van der Waals surface area contributed by atoms with Gasteiger partial charge in [-0.2, -0.15) is 4.31 Å². The first-order chi connectivity index (χ1) is 15.3. The molecule has 0 aliphatic carbocycles. The fraction of sp³-hybridized carbons (Fsp3) is 0.304. The lowest BCUT2D eigenvalue weighted by atomic mass is 10.2. The van der Waals surface area contributed by atoms with Crippen molar-refractivity contribution in [3.8, 4) is 0 Å². The second kappa shape index (κ2) is 9.39. The summed E-state index contributed by atoms with van der Waals surface area (Å²) in [6.07, 6.45) is 1.59. The summed E-state index contributed by atoms with van der Waals surface area (Å²) in [5, 5.41) is 0.902. The number of thioether (sulfide) groups is 1. The number of carbonyl (C=O) groups excluding carboxylic acids is 1. The molecule has 168 valence electrons. The molecular formula is C23H24ClN3O3S2. The number of pyridine rings is 1. The molecule has 1 saturated heterocycles. The number of sulfonamides is 1. The molecule has 9 heteroatoms. The summed E-state index contributed by atoms with van der Waals surface area (Å²) in [5.41, 5.74) is 1.31. The lowest BCUT2D eigenvalue weighted by Gasteiger charge is -2.28. The average molecular weight is 490 g/mol. The zero-order valence-corrected chi connectivity index (χ0v) is 20.2. The normalized spacial score (nSPS) is 19.2. The van der Waals surface area contributed by atoms with Gasteiger partial charge in [-0.15, -0.1) is 11.8 Å². The van der Waals surface area contributed by atoms with E-state index in [-0.39, 0.29) is 41.1 Å². The zero-order valence-electron chi connectivity index (χ0n) is 17.8. The van der Waals surface area contributed by atoms with Crippen LogP contribution in [0.25, 0.3) is 10.9 Å². The smallest absolute Gasteiger partial charge is 0.245 e. The fourth-order valence-corrected chi connectivity index (χ4v) is 7.17. The Morgan fingerprint density at radius 1 is 1.12 bits per heavy atom. The van der Waals surface area contributed by atoms with Crippen LogP contribution in [0, 0.1) is 0 Å². The molecule has 6 nitrogen and oxygen atoms in total. The molecule has 4 rings (SSSR count). The van der Waals surface area contributed by atoms with Crippen molar-refractivity contribution in [2.24, 2.45) is 0 Å². The van der Waals surface area contributed by atoms with E-state index < -0.39 is 10.0 Å². The summed E-state index contributed by atoms with van der Waals surface area (Å²) in [5.74, 6) is -0.0137. The largest absolute Gasteiger partial charge is 0.324 e. The van der Waals surface area contributed by atoms with E-state index in [9.17, 15) is 13.2 Å². The van der Waals surface area contributed by atoms with E-state index in [1.165, 1.54) is 16.1 Å². The number of rotatable bonds is 7. The SMILES string of the molecule is CCN(CCN1C(=O)[C@@H](C)S[C@H]1c1ccccc1Cl)S(=O)(=O)c1cccc2cccnc12. The van der Waals surface area contributed by atoms with Crippen LogP contribution in [0.2, 0.25) is 5.02 Å². The molecule has 1 aliphatic heterocycles. The average Bonchev–Trinajstić information content (AvgIpc) is 3.07. The Balaban J connectivity index is 1.60. The molecule has 1 aromatic heterocycles. The Hall–Kier alpha value is -2.13. The number of benzene rings is 2. The molecule has 3 aromatic rings. The topological polar surface area (TPSA) is 70.6 Å². The summed E-state index contributed by atoms with van der Waals surface area (Å²) in [7, 11) is -3.79. The predicted molar refractivity (Wildman–Crippen MR) is 129 cm³/mol. The number of hydrogen-bond donors (Lipinski definition) is 0. The number of hydrogen-bond acceptors (Lipinski definition) is 5. The van der Waals surface area contributed by atoms with Crippen molar-refractivity contribution in [3.63, 3.8) is 0 Å². The predicted octanol–water partition coefficient (Wildman–Crippen LogP) is 4.56. The maximum Gasteiger partial charge on any atom is 0.245 e. The summed E-state index contributed by atoms with van der Waals surface area (Å²) in [6.45, 7) is 4.41. The van der Waals surface area contributed by atoms with Crippen molar-refractivity contribution in [1.82, 2.24) is 14.2 Å². The lowest BCUT2D eigenvalue weighted by molar-refractivity contribution is -0.129. The van der Waals surface area contributed by atoms with E-state index in [0.29, 0.717) is 10.5 Å². The fourth-order valence-electron chi connectivity index (χ4n) is 3.91. The molecule has 0 saturated carbocycles. The van der Waals surface area contributed by atoms with Gasteiger partial charge < -0.3 is 4.90 Å². The molecule has 2 atom stereocenters. The van der Waals surface area contributed by atoms with Gasteiger partial charge in [-0.1, -0.05) is 54.9 Å². The van der Waals surface area contributed by atoms with Gasteiger partial charge in [0.2, 0.25) is 15.9 Å². The van der Waals surface area contributed by atoms with Gasteiger partial charge in [0.05, 0.1) is 10.8 Å². The summed E-state index contributed by atoms with van der Waals surface area (Å²) < 4.78 is 28.4. The Labute approximate surface area is 197 Å². The number of fused-ring (bicyclic) bond motifs is 1. The van der Waals surface area contributed by atoms with E-state index in [4.69, 9.17) is 11.6 Å². The van der Waals surface area contributed by atoms with Crippen LogP contribution in [0.5, 0.6) is 0 Å². The molecular weight excluding hydrogens is 466 g/mol. The second-order valence-corrected chi connectivity index (χ2v) is 11.3. The standard InChI is InChI=1S/C23H24ClN3O3S2/c1-3-26(32(29,30)20-12-6-8-17-9-7-13-25-21(17)20)14-15-27-22(28)16(2)31-23(27)18-10-4-5-11-19(18)24/h4-13,16,23H,3,14-15H2,1-2H3/t16-,23+/m1/s1. The summed E-state index contributed by atoms with van der Waals surface area (Å²) in [6, 6.07) is 16.2. The van der Waals surface area contributed by atoms with Gasteiger partial charge in [0.15, 0.2) is 0 Å². The minimum Gasteiger partial charge on any atom is -0.324 e. The first-order valence-electron chi connectivity index (χ1n) is 10.4. The Morgan fingerprint density at radius 2 is 1.88 bits per heavy atom. The molecule has 0 N–H and O–H groups in total. The molecule has 1 aliphatic rings. The van der Waals surface area contributed by atoms with Crippen molar-refractivity contribution in [2.45, 2.75) is 29.4 Å². The number of likely N-dealkylation sites (N-methyl/N-ethyl adjacent to an activating group) is 1. The highest BCUT2D eigenvalue weighted by atomic mass is 35.5. The highest BCUT2D eigenvalue weighted by Crippen LogP contribution is 2.44. The van der Waals surface area contributed by atoms with E-state index in [1.54, 1.807) is 42.3 Å². The van der Waals surface area contributed by atoms with Crippen molar-refractivity contribution >= 4 is 50.2 Å². The molecule has 2 heterocycles. The monoisotopic (exact) mass is 489 g/mol. The van der Waals surface area contributed by atoms with Gasteiger partial charge in [0.25, 0.3) is 0 Å². The lowest BCUT2D eigenvalue weighted by Crippen LogP contribution is -2.40. The molecule has 1 fully saturated rings. The van der Waals surface area contributed by atoms with Crippen LogP contribution in [-0.4, -0.2) is 53.4 Å². The second-order valence-electron chi connectivity index (χ2n) is 7.51. The van der Waals surface area contributed by atoms with Crippen molar-refractivity contribution in [2.75, 3.05) is 19.6 Å². The Kier molecular flexibility index (Phi) is 6.76. The molecule has 0 bridgehead atoms. The van der Waals surface area contributed by atoms with E-state index in [1.807, 2.05) is 37.3 Å². The Bertz CT molecular complexity index is 1250. The van der Waals surface area contributed by atoms with Crippen LogP contribution in [0.4, 0.5) is 0 Å². The van der Waals surface area contributed by atoms with Crippen LogP contribution < -0.4 is 0 Å². The number of para-hydroxylation sites is 1. The molecule has 32 heavy (non-hydrogen) atoms. The van der Waals surface area contributed by atoms with E-state index in [0.717, 1.165) is 10.9 Å². The number of carbonyl (C=O) groups is 1. The van der Waals surface area contributed by atoms with Crippen LogP contribution >= 0.6 is 23.4 Å². The molecule has 0 radical (unpaired) electrons. The van der Waals surface area contributed by atoms with Crippen molar-refractivity contribution < 1.29 is 13.2 Å². The van der Waals surface area contributed by atoms with Gasteiger partial charge in [0, 0.05) is 41.8 Å². The van der Waals surface area contributed by atoms with Gasteiger partial charge in [0.1, 0.15) is 10.3 Å². The van der Waals surface area contributed by atoms with Crippen molar-refractivity contribution in [1.29, 1.82) is 0 Å². The summed E-state index contributed by atoms with van der Waals surface area (Å²) in [4.78, 5) is 19.1. The van der Waals surface area contributed by atoms with Crippen LogP contribution in [-0.2, 0) is 14.8 Å². The number of nitrogens with zero attached hydrogens (tertiary/aromatic N) is 3. The third kappa shape index (κ3) is 4.24. The van der Waals surface area contributed by atoms with Crippen molar-refractivity contribution in [3.05, 3.63) is 71.4 Å². The third-order valence-electron chi connectivity index (χ3n) is 5.57. The van der Waals surface area contributed by atoms with Gasteiger partial charge in [-0.3, -0.25) is 9.78 Å². The highest BCUT2D eigenvalue weighted by Gasteiger charge is 2.39. The highest BCUT2D eigenvalue weighted by molar-refractivity contribution is 8.01. The number of halogens is 1. The minimum atomic E-state index is -3.79. The van der Waals surface area contributed by atoms with E-state index >= 15 is 0 Å². The van der Waals surface area contributed by atoms with Crippen LogP contribution in [0.15, 0.2) is 65.7 Å². The van der Waals surface area contributed by atoms with E-state index in [2.05, 4.69) is 4.98 Å². The third-order valence-corrected chi connectivity index (χ3v) is 9.30. The summed E-state index contributed by atoms with van der Waals surface area (Å²) >= 11 is 7.93. The van der Waals surface area contributed by atoms with Crippen LogP contribution in [0.3, 0.4) is 0 Å². The van der Waals surface area contributed by atoms with Crippen LogP contribution in [0.1, 0.15) is 24.8 Å². The maximum absolute atomic E-state index is 13.5. The molecule has 0 spiro atoms.